The van der Waals surface area contributed by atoms with Crippen molar-refractivity contribution in [2.24, 2.45) is 10.1 Å². The van der Waals surface area contributed by atoms with Crippen LogP contribution in [0, 0.1) is 0 Å². The maximum Gasteiger partial charge on any atom is 0.210 e. The third-order valence-corrected chi connectivity index (χ3v) is 3.52. The topological polar surface area (TPSA) is 97.0 Å². The molecule has 0 saturated carbocycles. The van der Waals surface area contributed by atoms with Crippen LogP contribution in [0.3, 0.4) is 0 Å². The first-order valence-corrected chi connectivity index (χ1v) is 8.81. The first-order chi connectivity index (χ1) is 10.4. The van der Waals surface area contributed by atoms with Gasteiger partial charge in [-0.3, -0.25) is 4.99 Å². The Morgan fingerprint density at radius 1 is 1.35 bits per heavy atom. The van der Waals surface area contributed by atoms with Crippen molar-refractivity contribution in [3.05, 3.63) is 30.3 Å². The molecule has 0 spiro atoms. The minimum absolute atomic E-state index is 0. The summed E-state index contributed by atoms with van der Waals surface area (Å²) in [6, 6.07) is 9.55. The van der Waals surface area contributed by atoms with E-state index in [0.717, 1.165) is 5.75 Å². The van der Waals surface area contributed by atoms with Crippen molar-refractivity contribution in [2.75, 3.05) is 39.0 Å². The number of halogens is 1. The van der Waals surface area contributed by atoms with Crippen LogP contribution >= 0.6 is 24.0 Å². The molecule has 0 aliphatic rings. The molecule has 0 amide bonds. The number of guanidine groups is 1. The van der Waals surface area contributed by atoms with Crippen molar-refractivity contribution >= 4 is 40.0 Å². The molecule has 23 heavy (non-hydrogen) atoms. The number of nitrogens with one attached hydrogen (secondary N) is 1. The lowest BCUT2D eigenvalue weighted by molar-refractivity contribution is 0.281. The van der Waals surface area contributed by atoms with Gasteiger partial charge in [0.15, 0.2) is 5.96 Å². The Hall–Kier alpha value is -1.07. The van der Waals surface area contributed by atoms with Gasteiger partial charge in [0.05, 0.1) is 18.8 Å². The highest BCUT2D eigenvalue weighted by molar-refractivity contribution is 14.0. The minimum Gasteiger partial charge on any atom is -0.492 e. The molecule has 0 heterocycles. The lowest BCUT2D eigenvalue weighted by atomic mass is 10.3. The van der Waals surface area contributed by atoms with Crippen molar-refractivity contribution in [3.8, 4) is 5.75 Å². The average Bonchev–Trinajstić information content (AvgIpc) is 2.46. The Morgan fingerprint density at radius 3 is 2.57 bits per heavy atom. The average molecular weight is 456 g/mol. The van der Waals surface area contributed by atoms with Crippen molar-refractivity contribution < 1.29 is 13.2 Å². The van der Waals surface area contributed by atoms with Gasteiger partial charge < -0.3 is 15.0 Å². The number of hydrogen-bond acceptors (Lipinski definition) is 4. The van der Waals surface area contributed by atoms with Crippen molar-refractivity contribution in [2.45, 2.75) is 6.92 Å². The molecule has 1 aromatic carbocycles. The summed E-state index contributed by atoms with van der Waals surface area (Å²) < 4.78 is 27.5. The Bertz CT molecular complexity index is 567. The zero-order chi connectivity index (χ0) is 16.4. The number of benzene rings is 1. The summed E-state index contributed by atoms with van der Waals surface area (Å²) in [5.74, 6) is 1.27. The first kappa shape index (κ1) is 21.9. The quantitative estimate of drug-likeness (QED) is 0.344. The second-order valence-electron chi connectivity index (χ2n) is 4.69. The molecule has 0 atom stereocenters. The minimum atomic E-state index is -3.49. The van der Waals surface area contributed by atoms with Gasteiger partial charge in [-0.15, -0.1) is 24.0 Å². The first-order valence-electron chi connectivity index (χ1n) is 7.10. The molecule has 3 N–H and O–H groups in total. The molecule has 1 aromatic rings. The van der Waals surface area contributed by atoms with Gasteiger partial charge in [0.25, 0.3) is 0 Å². The van der Waals surface area contributed by atoms with E-state index >= 15 is 0 Å². The number of rotatable bonds is 8. The number of primary sulfonamides is 1. The molecule has 0 aliphatic heterocycles. The van der Waals surface area contributed by atoms with Crippen LogP contribution in [0.15, 0.2) is 35.3 Å². The van der Waals surface area contributed by atoms with E-state index in [0.29, 0.717) is 25.7 Å². The number of nitrogens with two attached hydrogens (primary N) is 1. The predicted octanol–water partition coefficient (Wildman–Crippen LogP) is 0.869. The normalized spacial score (nSPS) is 11.5. The zero-order valence-corrected chi connectivity index (χ0v) is 16.6. The van der Waals surface area contributed by atoms with Crippen LogP contribution < -0.4 is 15.2 Å². The molecule has 0 aromatic heterocycles. The maximum atomic E-state index is 10.9. The van der Waals surface area contributed by atoms with E-state index in [1.807, 2.05) is 49.2 Å². The van der Waals surface area contributed by atoms with E-state index in [9.17, 15) is 8.42 Å². The number of hydrogen-bond donors (Lipinski definition) is 2. The molecular weight excluding hydrogens is 431 g/mol. The molecule has 0 aliphatic carbocycles. The van der Waals surface area contributed by atoms with Crippen LogP contribution in [-0.4, -0.2) is 58.3 Å². The highest BCUT2D eigenvalue weighted by Gasteiger charge is 2.07. The van der Waals surface area contributed by atoms with Gasteiger partial charge in [0.2, 0.25) is 10.0 Å². The van der Waals surface area contributed by atoms with E-state index < -0.39 is 10.0 Å². The van der Waals surface area contributed by atoms with E-state index in [-0.39, 0.29) is 36.3 Å². The third-order valence-electron chi connectivity index (χ3n) is 2.77. The zero-order valence-electron chi connectivity index (χ0n) is 13.4. The van der Waals surface area contributed by atoms with Crippen LogP contribution in [0.1, 0.15) is 6.92 Å². The Balaban J connectivity index is 0.00000484. The Morgan fingerprint density at radius 2 is 2.00 bits per heavy atom. The number of aliphatic imine (C=N–C) groups is 1. The molecule has 0 unspecified atom stereocenters. The fourth-order valence-corrected chi connectivity index (χ4v) is 2.02. The number of likely N-dealkylation sites (N-methyl/N-ethyl adjacent to an activating group) is 1. The highest BCUT2D eigenvalue weighted by atomic mass is 127. The van der Waals surface area contributed by atoms with Crippen LogP contribution in [0.25, 0.3) is 0 Å². The summed E-state index contributed by atoms with van der Waals surface area (Å²) >= 11 is 0. The summed E-state index contributed by atoms with van der Waals surface area (Å²) in [5, 5.41) is 8.07. The van der Waals surface area contributed by atoms with Gasteiger partial charge in [-0.1, -0.05) is 18.2 Å². The molecule has 0 radical (unpaired) electrons. The molecule has 1 rings (SSSR count). The fraction of sp³-hybridized carbons (Fsp3) is 0.500. The van der Waals surface area contributed by atoms with Gasteiger partial charge in [-0.05, 0) is 19.1 Å². The van der Waals surface area contributed by atoms with Crippen LogP contribution in [0.2, 0.25) is 0 Å². The van der Waals surface area contributed by atoms with Crippen LogP contribution in [-0.2, 0) is 10.0 Å². The fourth-order valence-electron chi connectivity index (χ4n) is 1.67. The Kier molecular flexibility index (Phi) is 10.9. The molecular formula is C14H25IN4O3S. The Labute approximate surface area is 155 Å². The molecule has 7 nitrogen and oxygen atoms in total. The van der Waals surface area contributed by atoms with E-state index in [4.69, 9.17) is 9.88 Å². The number of nitrogens with zero attached hydrogens (tertiary/aromatic N) is 2. The standard InChI is InChI=1S/C14H24N4O3S.HI/c1-3-16-14(17-9-12-22(15,19)20)18(2)10-11-21-13-7-5-4-6-8-13;/h4-8H,3,9-12H2,1-2H3,(H,16,17)(H2,15,19,20);1H. The maximum absolute atomic E-state index is 10.9. The monoisotopic (exact) mass is 456 g/mol. The van der Waals surface area contributed by atoms with Crippen molar-refractivity contribution in [3.63, 3.8) is 0 Å². The van der Waals surface area contributed by atoms with Crippen LogP contribution in [0.5, 0.6) is 5.75 Å². The summed E-state index contributed by atoms with van der Waals surface area (Å²) in [7, 11) is -1.62. The van der Waals surface area contributed by atoms with Gasteiger partial charge >= 0.3 is 0 Å². The van der Waals surface area contributed by atoms with E-state index in [2.05, 4.69) is 10.3 Å². The smallest absolute Gasteiger partial charge is 0.210 e. The van der Waals surface area contributed by atoms with Gasteiger partial charge in [0.1, 0.15) is 12.4 Å². The largest absolute Gasteiger partial charge is 0.492 e. The lowest BCUT2D eigenvalue weighted by Crippen LogP contribution is -2.41. The molecule has 0 bridgehead atoms. The SMILES string of the molecule is CCNC(=NCCS(N)(=O)=O)N(C)CCOc1ccccc1.I. The molecule has 132 valence electrons. The summed E-state index contributed by atoms with van der Waals surface area (Å²) in [6.45, 7) is 3.89. The van der Waals surface area contributed by atoms with Gasteiger partial charge in [-0.2, -0.15) is 0 Å². The molecule has 9 heteroatoms. The van der Waals surface area contributed by atoms with Crippen molar-refractivity contribution in [1.29, 1.82) is 0 Å². The molecule has 0 fully saturated rings. The highest BCUT2D eigenvalue weighted by Crippen LogP contribution is 2.07. The number of ether oxygens (including phenoxy) is 1. The van der Waals surface area contributed by atoms with Crippen LogP contribution in [0.4, 0.5) is 0 Å². The lowest BCUT2D eigenvalue weighted by Gasteiger charge is -2.22. The summed E-state index contributed by atoms with van der Waals surface area (Å²) in [6.07, 6.45) is 0. The number of para-hydroxylation sites is 1. The van der Waals surface area contributed by atoms with Gasteiger partial charge in [-0.25, -0.2) is 13.6 Å². The third kappa shape index (κ3) is 10.3. The second kappa shape index (κ2) is 11.5. The summed E-state index contributed by atoms with van der Waals surface area (Å²) in [5.41, 5.74) is 0. The summed E-state index contributed by atoms with van der Waals surface area (Å²) in [4.78, 5) is 6.13. The molecule has 0 saturated heterocycles. The predicted molar refractivity (Wildman–Crippen MR) is 104 cm³/mol. The second-order valence-corrected chi connectivity index (χ2v) is 6.42. The van der Waals surface area contributed by atoms with Crippen molar-refractivity contribution in [1.82, 2.24) is 10.2 Å². The number of sulfonamides is 1. The van der Waals surface area contributed by atoms with E-state index in [1.165, 1.54) is 0 Å². The van der Waals surface area contributed by atoms with Gasteiger partial charge in [0, 0.05) is 13.6 Å². The van der Waals surface area contributed by atoms with E-state index in [1.54, 1.807) is 0 Å².